The molecule has 0 radical (unpaired) electrons. The van der Waals surface area contributed by atoms with Gasteiger partial charge in [0.05, 0.1) is 0 Å². The van der Waals surface area contributed by atoms with E-state index in [1.165, 1.54) is 25.7 Å². The number of halogens is 2. The van der Waals surface area contributed by atoms with Gasteiger partial charge in [-0.15, -0.1) is 25.0 Å². The molecule has 2 saturated carbocycles. The summed E-state index contributed by atoms with van der Waals surface area (Å²) in [5.74, 6) is 3.26. The van der Waals surface area contributed by atoms with E-state index in [9.17, 15) is 0 Å². The molecule has 0 amide bonds. The SMILES string of the molecule is CC1C=CC=C2[CH-]CCC21.CC1C=CC=C2[CH-]CCC21.[Cl][Zr+2][Cl]. The van der Waals surface area contributed by atoms with Crippen LogP contribution in [0.15, 0.2) is 47.6 Å². The molecule has 0 saturated heterocycles. The fraction of sp³-hybridized carbons (Fsp3) is 0.500. The summed E-state index contributed by atoms with van der Waals surface area (Å²) in [6, 6.07) is 0. The van der Waals surface area contributed by atoms with Gasteiger partial charge in [-0.25, -0.2) is 36.1 Å². The summed E-state index contributed by atoms with van der Waals surface area (Å²) in [7, 11) is 9.87. The summed E-state index contributed by atoms with van der Waals surface area (Å²) in [6.45, 7) is 4.63. The van der Waals surface area contributed by atoms with Crippen LogP contribution in [0.2, 0.25) is 0 Å². The first kappa shape index (κ1) is 19.5. The van der Waals surface area contributed by atoms with Gasteiger partial charge in [0.2, 0.25) is 0 Å². The van der Waals surface area contributed by atoms with E-state index in [1.807, 2.05) is 0 Å². The molecule has 124 valence electrons. The van der Waals surface area contributed by atoms with Gasteiger partial charge in [0.25, 0.3) is 0 Å². The van der Waals surface area contributed by atoms with Crippen molar-refractivity contribution in [1.82, 2.24) is 0 Å². The van der Waals surface area contributed by atoms with Gasteiger partial charge in [-0.3, -0.25) is 0 Å². The van der Waals surface area contributed by atoms with Crippen LogP contribution in [-0.4, -0.2) is 0 Å². The zero-order valence-corrected chi connectivity index (χ0v) is 18.0. The fourth-order valence-corrected chi connectivity index (χ4v) is 3.96. The Morgan fingerprint density at radius 2 is 1.26 bits per heavy atom. The molecule has 0 spiro atoms. The van der Waals surface area contributed by atoms with E-state index in [4.69, 9.17) is 17.0 Å². The second-order valence-corrected chi connectivity index (χ2v) is 10.4. The molecular weight excluding hydrogens is 402 g/mol. The Labute approximate surface area is 160 Å². The summed E-state index contributed by atoms with van der Waals surface area (Å²) in [5.41, 5.74) is 3.16. The zero-order valence-electron chi connectivity index (χ0n) is 14.0. The summed E-state index contributed by atoms with van der Waals surface area (Å²) in [4.78, 5) is 0. The Morgan fingerprint density at radius 1 is 0.870 bits per heavy atom. The topological polar surface area (TPSA) is 0 Å². The van der Waals surface area contributed by atoms with E-state index in [-0.39, 0.29) is 0 Å². The molecule has 0 aliphatic heterocycles. The molecule has 4 aliphatic rings. The van der Waals surface area contributed by atoms with E-state index in [0.29, 0.717) is 0 Å². The molecule has 0 nitrogen and oxygen atoms in total. The van der Waals surface area contributed by atoms with Gasteiger partial charge in [0.15, 0.2) is 0 Å². The Hall–Kier alpha value is 0.163. The van der Waals surface area contributed by atoms with Crippen LogP contribution < -0.4 is 0 Å². The molecule has 4 rings (SSSR count). The van der Waals surface area contributed by atoms with Crippen LogP contribution in [0.4, 0.5) is 0 Å². The Balaban J connectivity index is 0.000000143. The monoisotopic (exact) mass is 426 g/mol. The molecule has 0 bridgehead atoms. The van der Waals surface area contributed by atoms with Crippen LogP contribution in [-0.2, 0) is 20.8 Å². The maximum absolute atomic E-state index is 4.93. The predicted molar refractivity (Wildman–Crippen MR) is 98.5 cm³/mol. The van der Waals surface area contributed by atoms with Gasteiger partial charge in [0.1, 0.15) is 0 Å². The van der Waals surface area contributed by atoms with Crippen molar-refractivity contribution in [2.45, 2.75) is 39.5 Å². The van der Waals surface area contributed by atoms with Crippen molar-refractivity contribution in [2.75, 3.05) is 0 Å². The third-order valence-electron chi connectivity index (χ3n) is 5.25. The van der Waals surface area contributed by atoms with E-state index >= 15 is 0 Å². The van der Waals surface area contributed by atoms with Crippen molar-refractivity contribution in [1.29, 1.82) is 0 Å². The van der Waals surface area contributed by atoms with Crippen molar-refractivity contribution in [3.63, 3.8) is 0 Å². The van der Waals surface area contributed by atoms with Gasteiger partial charge >= 0.3 is 37.9 Å². The second-order valence-electron chi connectivity index (χ2n) is 6.67. The first-order valence-electron chi connectivity index (χ1n) is 8.56. The second kappa shape index (κ2) is 10.2. The van der Waals surface area contributed by atoms with Crippen molar-refractivity contribution in [3.05, 3.63) is 60.4 Å². The van der Waals surface area contributed by atoms with E-state index in [1.54, 1.807) is 11.1 Å². The number of hydrogen-bond acceptors (Lipinski definition) is 0. The van der Waals surface area contributed by atoms with Crippen molar-refractivity contribution in [2.24, 2.45) is 23.7 Å². The Morgan fingerprint density at radius 3 is 1.61 bits per heavy atom. The van der Waals surface area contributed by atoms with Crippen LogP contribution >= 0.6 is 17.0 Å². The van der Waals surface area contributed by atoms with Crippen molar-refractivity contribution < 1.29 is 20.8 Å². The summed E-state index contributed by atoms with van der Waals surface area (Å²) < 4.78 is 0. The first-order valence-corrected chi connectivity index (χ1v) is 14.9. The minimum atomic E-state index is -0.826. The van der Waals surface area contributed by atoms with Crippen LogP contribution in [0.5, 0.6) is 0 Å². The van der Waals surface area contributed by atoms with E-state index in [0.717, 1.165) is 23.7 Å². The molecule has 0 aromatic heterocycles. The van der Waals surface area contributed by atoms with E-state index < -0.39 is 20.8 Å². The number of allylic oxidation sites excluding steroid dienone is 8. The number of hydrogen-bond donors (Lipinski definition) is 0. The fourth-order valence-electron chi connectivity index (χ4n) is 3.96. The molecule has 0 N–H and O–H groups in total. The van der Waals surface area contributed by atoms with Gasteiger partial charge < -0.3 is 0 Å². The van der Waals surface area contributed by atoms with Gasteiger partial charge in [-0.1, -0.05) is 38.8 Å². The van der Waals surface area contributed by atoms with Crippen LogP contribution in [0, 0.1) is 36.5 Å². The third-order valence-corrected chi connectivity index (χ3v) is 5.25. The molecule has 0 heterocycles. The van der Waals surface area contributed by atoms with Crippen LogP contribution in [0.3, 0.4) is 0 Å². The molecule has 3 heteroatoms. The Kier molecular flexibility index (Phi) is 8.66. The van der Waals surface area contributed by atoms with Gasteiger partial charge in [0, 0.05) is 0 Å². The zero-order chi connectivity index (χ0) is 16.7. The average molecular weight is 429 g/mol. The molecule has 23 heavy (non-hydrogen) atoms. The predicted octanol–water partition coefficient (Wildman–Crippen LogP) is 6.84. The van der Waals surface area contributed by atoms with Crippen molar-refractivity contribution in [3.8, 4) is 0 Å². The van der Waals surface area contributed by atoms with E-state index in [2.05, 4.69) is 63.1 Å². The summed E-state index contributed by atoms with van der Waals surface area (Å²) in [6.07, 6.45) is 23.6. The molecular formula is C20H26Cl2Zr. The van der Waals surface area contributed by atoms with Crippen molar-refractivity contribution >= 4 is 17.0 Å². The quantitative estimate of drug-likeness (QED) is 0.371. The molecule has 0 aromatic rings. The number of fused-ring (bicyclic) bond motifs is 2. The molecule has 2 fully saturated rings. The molecule has 4 aliphatic carbocycles. The van der Waals surface area contributed by atoms with Gasteiger partial charge in [-0.2, -0.15) is 0 Å². The number of rotatable bonds is 0. The minimum absolute atomic E-state index is 0.777. The normalized spacial score (nSPS) is 32.3. The standard InChI is InChI=1S/2C10H13.2ClH.Zr/c2*1-8-4-2-5-9-6-3-7-10(8)9;;;/h2*2,4-6,8,10H,3,7H2,1H3;2*1H;/q2*-1;;;+4/p-2. The molecule has 4 unspecified atom stereocenters. The van der Waals surface area contributed by atoms with Crippen LogP contribution in [0.25, 0.3) is 0 Å². The average Bonchev–Trinajstić information content (AvgIpc) is 3.18. The molecule has 4 atom stereocenters. The maximum atomic E-state index is 4.93. The Bertz CT molecular complexity index is 446. The molecule has 0 aromatic carbocycles. The summed E-state index contributed by atoms with van der Waals surface area (Å²) >= 11 is -0.826. The summed E-state index contributed by atoms with van der Waals surface area (Å²) in [5, 5.41) is 0. The van der Waals surface area contributed by atoms with Crippen LogP contribution in [0.1, 0.15) is 39.5 Å². The first-order chi connectivity index (χ1) is 11.2. The van der Waals surface area contributed by atoms with Gasteiger partial charge in [-0.05, 0) is 23.7 Å². The third kappa shape index (κ3) is 5.59.